The normalized spacial score (nSPS) is 16.0. The number of alkyl halides is 3. The average Bonchev–Trinajstić information content (AvgIpc) is 3.16. The molecule has 0 radical (unpaired) electrons. The van der Waals surface area contributed by atoms with Crippen molar-refractivity contribution in [3.05, 3.63) is 64.2 Å². The zero-order chi connectivity index (χ0) is 24.5. The van der Waals surface area contributed by atoms with Crippen molar-refractivity contribution in [3.63, 3.8) is 0 Å². The number of benzene rings is 1. The Morgan fingerprint density at radius 3 is 2.44 bits per heavy atom. The minimum atomic E-state index is -4.53. The first kappa shape index (κ1) is 24.2. The Morgan fingerprint density at radius 1 is 1.15 bits per heavy atom. The fourth-order valence-corrected chi connectivity index (χ4v) is 5.51. The average molecular weight is 490 g/mol. The molecule has 1 aliphatic rings. The van der Waals surface area contributed by atoms with Crippen molar-refractivity contribution in [1.82, 2.24) is 15.2 Å². The molecule has 0 bridgehead atoms. The van der Waals surface area contributed by atoms with E-state index in [0.29, 0.717) is 41.8 Å². The highest BCUT2D eigenvalue weighted by Crippen LogP contribution is 2.34. The predicted molar refractivity (Wildman–Crippen MR) is 126 cm³/mol. The molecule has 0 aliphatic carbocycles. The summed E-state index contributed by atoms with van der Waals surface area (Å²) < 4.78 is 38.9. The molecule has 1 aromatic carbocycles. The van der Waals surface area contributed by atoms with Gasteiger partial charge in [-0.15, -0.1) is 11.3 Å². The highest BCUT2D eigenvalue weighted by Gasteiger charge is 2.33. The Morgan fingerprint density at radius 2 is 1.82 bits per heavy atom. The number of rotatable bonds is 5. The molecule has 1 aliphatic heterocycles. The van der Waals surface area contributed by atoms with Crippen molar-refractivity contribution < 1.29 is 22.8 Å². The van der Waals surface area contributed by atoms with Crippen LogP contribution in [0.2, 0.25) is 0 Å². The third-order valence-electron chi connectivity index (χ3n) is 6.35. The summed E-state index contributed by atoms with van der Waals surface area (Å²) in [5, 5.41) is 3.55. The largest absolute Gasteiger partial charge is 0.433 e. The van der Waals surface area contributed by atoms with Crippen LogP contribution in [0, 0.1) is 6.92 Å². The number of hydrogen-bond donors (Lipinski definition) is 1. The number of amides is 2. The molecule has 1 N–H and O–H groups in total. The van der Waals surface area contributed by atoms with Gasteiger partial charge >= 0.3 is 6.18 Å². The van der Waals surface area contributed by atoms with Gasteiger partial charge in [0.05, 0.1) is 10.8 Å². The molecule has 1 unspecified atom stereocenters. The fraction of sp³-hybridized carbons (Fsp3) is 0.400. The summed E-state index contributed by atoms with van der Waals surface area (Å²) in [5.41, 5.74) is 0.666. The molecule has 3 aromatic rings. The smallest absolute Gasteiger partial charge is 0.348 e. The molecule has 2 aromatic heterocycles. The van der Waals surface area contributed by atoms with E-state index in [1.54, 1.807) is 6.92 Å². The molecule has 4 rings (SSSR count). The van der Waals surface area contributed by atoms with Crippen molar-refractivity contribution >= 4 is 33.4 Å². The van der Waals surface area contributed by atoms with Crippen LogP contribution in [-0.2, 0) is 11.0 Å². The second kappa shape index (κ2) is 9.74. The molecule has 0 spiro atoms. The standard InChI is InChI=1S/C25H26F3N3O2S/c1-3-18(16-7-5-4-6-8-16)24(33)31-13-11-17(12-14-31)29-22(32)21-15(2)19-9-10-20(25(26,27)28)30-23(19)34-21/h4-10,17-18H,3,11-14H2,1-2H3,(H,29,32). The third-order valence-corrected chi connectivity index (χ3v) is 7.55. The number of halogens is 3. The van der Waals surface area contributed by atoms with E-state index in [0.717, 1.165) is 29.4 Å². The van der Waals surface area contributed by atoms with E-state index in [-0.39, 0.29) is 28.6 Å². The maximum Gasteiger partial charge on any atom is 0.433 e. The second-order valence-electron chi connectivity index (χ2n) is 8.55. The lowest BCUT2D eigenvalue weighted by Gasteiger charge is -2.34. The molecule has 1 fully saturated rings. The number of piperidine rings is 1. The molecule has 3 heterocycles. The van der Waals surface area contributed by atoms with Crippen LogP contribution in [0.3, 0.4) is 0 Å². The van der Waals surface area contributed by atoms with E-state index in [4.69, 9.17) is 0 Å². The quantitative estimate of drug-likeness (QED) is 0.512. The Kier molecular flexibility index (Phi) is 6.93. The molecule has 1 saturated heterocycles. The first-order chi connectivity index (χ1) is 16.2. The Bertz CT molecular complexity index is 1190. The van der Waals surface area contributed by atoms with Crippen LogP contribution in [0.25, 0.3) is 10.2 Å². The number of nitrogens with zero attached hydrogens (tertiary/aromatic N) is 2. The molecule has 34 heavy (non-hydrogen) atoms. The summed E-state index contributed by atoms with van der Waals surface area (Å²) in [6.45, 7) is 4.82. The van der Waals surface area contributed by atoms with E-state index in [2.05, 4.69) is 10.3 Å². The first-order valence-electron chi connectivity index (χ1n) is 11.3. The summed E-state index contributed by atoms with van der Waals surface area (Å²) in [6, 6.07) is 11.9. The zero-order valence-electron chi connectivity index (χ0n) is 19.0. The number of hydrogen-bond acceptors (Lipinski definition) is 4. The Hall–Kier alpha value is -2.94. The molecule has 180 valence electrons. The van der Waals surface area contributed by atoms with Gasteiger partial charge in [0.1, 0.15) is 10.5 Å². The maximum absolute atomic E-state index is 13.1. The topological polar surface area (TPSA) is 62.3 Å². The van der Waals surface area contributed by atoms with Crippen LogP contribution in [0.15, 0.2) is 42.5 Å². The summed E-state index contributed by atoms with van der Waals surface area (Å²) in [4.78, 5) is 32.1. The molecule has 9 heteroatoms. The summed E-state index contributed by atoms with van der Waals surface area (Å²) in [7, 11) is 0. The van der Waals surface area contributed by atoms with Crippen LogP contribution in [0.1, 0.15) is 58.6 Å². The summed E-state index contributed by atoms with van der Waals surface area (Å²) in [5.74, 6) is -0.387. The van der Waals surface area contributed by atoms with Gasteiger partial charge in [-0.3, -0.25) is 9.59 Å². The number of aromatic nitrogens is 1. The molecular formula is C25H26F3N3O2S. The summed E-state index contributed by atoms with van der Waals surface area (Å²) in [6.07, 6.45) is -2.56. The molecule has 0 saturated carbocycles. The SMILES string of the molecule is CCC(C(=O)N1CCC(NC(=O)c2sc3nc(C(F)(F)F)ccc3c2C)CC1)c1ccccc1. The summed E-state index contributed by atoms with van der Waals surface area (Å²) >= 11 is 0.973. The molecule has 5 nitrogen and oxygen atoms in total. The van der Waals surface area contributed by atoms with Crippen molar-refractivity contribution in [1.29, 1.82) is 0 Å². The maximum atomic E-state index is 13.1. The number of carbonyl (C=O) groups excluding carboxylic acids is 2. The highest BCUT2D eigenvalue weighted by atomic mass is 32.1. The lowest BCUT2D eigenvalue weighted by atomic mass is 9.93. The van der Waals surface area contributed by atoms with Crippen LogP contribution < -0.4 is 5.32 Å². The van der Waals surface area contributed by atoms with Gasteiger partial charge in [-0.1, -0.05) is 37.3 Å². The van der Waals surface area contributed by atoms with Crippen LogP contribution in [0.4, 0.5) is 13.2 Å². The fourth-order valence-electron chi connectivity index (χ4n) is 4.43. The van der Waals surface area contributed by atoms with Crippen molar-refractivity contribution in [2.45, 2.75) is 51.2 Å². The van der Waals surface area contributed by atoms with Gasteiger partial charge < -0.3 is 10.2 Å². The van der Waals surface area contributed by atoms with Crippen LogP contribution >= 0.6 is 11.3 Å². The predicted octanol–water partition coefficient (Wildman–Crippen LogP) is 5.54. The monoisotopic (exact) mass is 489 g/mol. The number of likely N-dealkylation sites (tertiary alicyclic amines) is 1. The third kappa shape index (κ3) is 4.94. The lowest BCUT2D eigenvalue weighted by molar-refractivity contribution is -0.141. The van der Waals surface area contributed by atoms with E-state index in [9.17, 15) is 22.8 Å². The minimum absolute atomic E-state index is 0.100. The van der Waals surface area contributed by atoms with Crippen molar-refractivity contribution in [2.24, 2.45) is 0 Å². The van der Waals surface area contributed by atoms with Gasteiger partial charge in [-0.2, -0.15) is 13.2 Å². The van der Waals surface area contributed by atoms with Gasteiger partial charge in [0.2, 0.25) is 5.91 Å². The minimum Gasteiger partial charge on any atom is -0.348 e. The van der Waals surface area contributed by atoms with E-state index in [1.165, 1.54) is 6.07 Å². The van der Waals surface area contributed by atoms with Gasteiger partial charge in [0.25, 0.3) is 5.91 Å². The van der Waals surface area contributed by atoms with Gasteiger partial charge in [0, 0.05) is 24.5 Å². The van der Waals surface area contributed by atoms with Gasteiger partial charge in [0.15, 0.2) is 0 Å². The number of fused-ring (bicyclic) bond motifs is 1. The van der Waals surface area contributed by atoms with Crippen LogP contribution in [0.5, 0.6) is 0 Å². The molecule has 2 amide bonds. The first-order valence-corrected chi connectivity index (χ1v) is 12.1. The second-order valence-corrected chi connectivity index (χ2v) is 9.55. The number of aryl methyl sites for hydroxylation is 1. The van der Waals surface area contributed by atoms with E-state index in [1.807, 2.05) is 42.2 Å². The molecule has 1 atom stereocenters. The number of pyridine rings is 1. The highest BCUT2D eigenvalue weighted by molar-refractivity contribution is 7.20. The number of thiophene rings is 1. The lowest BCUT2D eigenvalue weighted by Crippen LogP contribution is -2.47. The molecular weight excluding hydrogens is 463 g/mol. The Labute approximate surface area is 200 Å². The Balaban J connectivity index is 1.39. The van der Waals surface area contributed by atoms with Crippen molar-refractivity contribution in [2.75, 3.05) is 13.1 Å². The van der Waals surface area contributed by atoms with Crippen LogP contribution in [-0.4, -0.2) is 40.8 Å². The zero-order valence-corrected chi connectivity index (χ0v) is 19.8. The van der Waals surface area contributed by atoms with E-state index >= 15 is 0 Å². The van der Waals surface area contributed by atoms with Crippen molar-refractivity contribution in [3.8, 4) is 0 Å². The van der Waals surface area contributed by atoms with E-state index < -0.39 is 11.9 Å². The number of carbonyl (C=O) groups is 2. The van der Waals surface area contributed by atoms with Gasteiger partial charge in [-0.05, 0) is 49.4 Å². The van der Waals surface area contributed by atoms with Gasteiger partial charge in [-0.25, -0.2) is 4.98 Å². The number of nitrogens with one attached hydrogen (secondary N) is 1.